The van der Waals surface area contributed by atoms with Gasteiger partial charge in [0.2, 0.25) is 5.91 Å². The first-order valence-electron chi connectivity index (χ1n) is 6.63. The Labute approximate surface area is 117 Å². The molecule has 1 aromatic heterocycles. The van der Waals surface area contributed by atoms with E-state index in [4.69, 9.17) is 0 Å². The van der Waals surface area contributed by atoms with E-state index in [1.165, 1.54) is 17.5 Å². The van der Waals surface area contributed by atoms with E-state index in [0.29, 0.717) is 12.4 Å². The van der Waals surface area contributed by atoms with E-state index >= 15 is 0 Å². The first kappa shape index (κ1) is 12.8. The first-order valence-corrected chi connectivity index (χ1v) is 6.63. The summed E-state index contributed by atoms with van der Waals surface area (Å²) < 4.78 is 0. The number of rotatable bonds is 3. The quantitative estimate of drug-likeness (QED) is 0.851. The third-order valence-corrected chi connectivity index (χ3v) is 3.61. The van der Waals surface area contributed by atoms with Gasteiger partial charge in [-0.1, -0.05) is 24.3 Å². The third kappa shape index (κ3) is 2.55. The van der Waals surface area contributed by atoms with Crippen LogP contribution in [0.3, 0.4) is 0 Å². The van der Waals surface area contributed by atoms with Gasteiger partial charge in [-0.25, -0.2) is 4.98 Å². The van der Waals surface area contributed by atoms with E-state index in [2.05, 4.69) is 32.6 Å². The van der Waals surface area contributed by atoms with Crippen LogP contribution >= 0.6 is 0 Å². The zero-order valence-electron chi connectivity index (χ0n) is 11.3. The highest BCUT2D eigenvalue weighted by Crippen LogP contribution is 2.17. The number of aromatic amines is 1. The van der Waals surface area contributed by atoms with Crippen LogP contribution in [0.1, 0.15) is 17.0 Å². The molecular formula is C14H17N5O. The molecule has 1 atom stereocenters. The van der Waals surface area contributed by atoms with E-state index in [9.17, 15) is 4.79 Å². The van der Waals surface area contributed by atoms with Crippen molar-refractivity contribution in [3.63, 3.8) is 0 Å². The highest BCUT2D eigenvalue weighted by molar-refractivity contribution is 5.82. The minimum atomic E-state index is -0.169. The summed E-state index contributed by atoms with van der Waals surface area (Å²) >= 11 is 0. The van der Waals surface area contributed by atoms with Crippen LogP contribution in [-0.4, -0.2) is 39.1 Å². The zero-order chi connectivity index (χ0) is 13.9. The summed E-state index contributed by atoms with van der Waals surface area (Å²) in [4.78, 5) is 18.1. The van der Waals surface area contributed by atoms with Gasteiger partial charge in [0.05, 0.1) is 12.6 Å². The molecule has 0 fully saturated rings. The molecule has 2 aromatic rings. The predicted molar refractivity (Wildman–Crippen MR) is 73.6 cm³/mol. The van der Waals surface area contributed by atoms with Crippen molar-refractivity contribution in [1.82, 2.24) is 25.4 Å². The number of benzene rings is 1. The lowest BCUT2D eigenvalue weighted by atomic mass is 9.95. The molecule has 2 heterocycles. The maximum absolute atomic E-state index is 12.4. The molecule has 0 bridgehead atoms. The van der Waals surface area contributed by atoms with Crippen LogP contribution in [0.15, 0.2) is 30.6 Å². The molecule has 1 amide bonds. The van der Waals surface area contributed by atoms with Crippen molar-refractivity contribution >= 4 is 5.91 Å². The average Bonchev–Trinajstić information content (AvgIpc) is 2.99. The highest BCUT2D eigenvalue weighted by atomic mass is 16.2. The molecule has 1 aliphatic heterocycles. The smallest absolute Gasteiger partial charge is 0.240 e. The van der Waals surface area contributed by atoms with Crippen LogP contribution in [0.5, 0.6) is 0 Å². The number of nitrogens with zero attached hydrogens (tertiary/aromatic N) is 3. The number of carbonyl (C=O) groups is 1. The molecule has 1 aliphatic rings. The molecule has 0 spiro atoms. The Balaban J connectivity index is 1.66. The summed E-state index contributed by atoms with van der Waals surface area (Å²) in [5, 5.41) is 9.85. The Morgan fingerprint density at radius 1 is 1.40 bits per heavy atom. The van der Waals surface area contributed by atoms with Crippen molar-refractivity contribution in [1.29, 1.82) is 0 Å². The van der Waals surface area contributed by atoms with Gasteiger partial charge in [0.1, 0.15) is 12.2 Å². The molecule has 0 aliphatic carbocycles. The van der Waals surface area contributed by atoms with Crippen molar-refractivity contribution in [3.8, 4) is 0 Å². The number of carbonyl (C=O) groups excluding carboxylic acids is 1. The lowest BCUT2D eigenvalue weighted by molar-refractivity contribution is -0.133. The van der Waals surface area contributed by atoms with Gasteiger partial charge in [-0.15, -0.1) is 0 Å². The molecular weight excluding hydrogens is 254 g/mol. The number of hydrogen-bond donors (Lipinski definition) is 2. The molecule has 0 saturated heterocycles. The minimum absolute atomic E-state index is 0.0795. The highest BCUT2D eigenvalue weighted by Gasteiger charge is 2.26. The number of amides is 1. The topological polar surface area (TPSA) is 73.9 Å². The normalized spacial score (nSPS) is 17.6. The van der Waals surface area contributed by atoms with Gasteiger partial charge < -0.3 is 10.2 Å². The number of H-pyrrole nitrogens is 1. The summed E-state index contributed by atoms with van der Waals surface area (Å²) in [6.07, 6.45) is 2.18. The SMILES string of the molecule is CN(Cc1ncn[nH]1)C(=O)[C@@H]1Cc2ccccc2CN1. The van der Waals surface area contributed by atoms with E-state index < -0.39 is 0 Å². The number of aromatic nitrogens is 3. The molecule has 3 rings (SSSR count). The fourth-order valence-corrected chi connectivity index (χ4v) is 2.50. The van der Waals surface area contributed by atoms with Crippen molar-refractivity contribution in [2.45, 2.75) is 25.6 Å². The monoisotopic (exact) mass is 271 g/mol. The van der Waals surface area contributed by atoms with Crippen molar-refractivity contribution in [2.75, 3.05) is 7.05 Å². The molecule has 0 radical (unpaired) electrons. The largest absolute Gasteiger partial charge is 0.337 e. The number of fused-ring (bicyclic) bond motifs is 1. The summed E-state index contributed by atoms with van der Waals surface area (Å²) in [5.74, 6) is 0.771. The van der Waals surface area contributed by atoms with Crippen LogP contribution in [0.4, 0.5) is 0 Å². The third-order valence-electron chi connectivity index (χ3n) is 3.61. The summed E-state index contributed by atoms with van der Waals surface area (Å²) in [6, 6.07) is 8.06. The first-order chi connectivity index (χ1) is 9.74. The molecule has 20 heavy (non-hydrogen) atoms. The van der Waals surface area contributed by atoms with Crippen molar-refractivity contribution in [2.24, 2.45) is 0 Å². The Morgan fingerprint density at radius 2 is 2.20 bits per heavy atom. The minimum Gasteiger partial charge on any atom is -0.337 e. The number of hydrogen-bond acceptors (Lipinski definition) is 4. The Kier molecular flexibility index (Phi) is 3.47. The van der Waals surface area contributed by atoms with Gasteiger partial charge in [0, 0.05) is 13.6 Å². The van der Waals surface area contributed by atoms with E-state index in [1.54, 1.807) is 11.9 Å². The van der Waals surface area contributed by atoms with Crippen LogP contribution in [0.25, 0.3) is 0 Å². The summed E-state index contributed by atoms with van der Waals surface area (Å²) in [7, 11) is 1.78. The van der Waals surface area contributed by atoms with Gasteiger partial charge in [-0.3, -0.25) is 9.89 Å². The van der Waals surface area contributed by atoms with Crippen molar-refractivity contribution in [3.05, 3.63) is 47.5 Å². The molecule has 0 unspecified atom stereocenters. The maximum Gasteiger partial charge on any atom is 0.240 e. The summed E-state index contributed by atoms with van der Waals surface area (Å²) in [6.45, 7) is 1.18. The lowest BCUT2D eigenvalue weighted by Crippen LogP contribution is -2.48. The van der Waals surface area contributed by atoms with Gasteiger partial charge in [-0.2, -0.15) is 5.10 Å². The number of likely N-dealkylation sites (N-methyl/N-ethyl adjacent to an activating group) is 1. The fourth-order valence-electron chi connectivity index (χ4n) is 2.50. The molecule has 2 N–H and O–H groups in total. The second kappa shape index (κ2) is 5.42. The Morgan fingerprint density at radius 3 is 2.95 bits per heavy atom. The standard InChI is InChI=1S/C14H17N5O/c1-19(8-13-16-9-17-18-13)14(20)12-6-10-4-2-3-5-11(10)7-15-12/h2-5,9,12,15H,6-8H2,1H3,(H,16,17,18)/t12-/m0/s1. The summed E-state index contributed by atoms with van der Waals surface area (Å²) in [5.41, 5.74) is 2.52. The van der Waals surface area contributed by atoms with Crippen LogP contribution < -0.4 is 5.32 Å². The van der Waals surface area contributed by atoms with Gasteiger partial charge in [-0.05, 0) is 17.5 Å². The van der Waals surface area contributed by atoms with Gasteiger partial charge >= 0.3 is 0 Å². The van der Waals surface area contributed by atoms with E-state index in [-0.39, 0.29) is 11.9 Å². The van der Waals surface area contributed by atoms with E-state index in [0.717, 1.165) is 13.0 Å². The molecule has 104 valence electrons. The second-order valence-electron chi connectivity index (χ2n) is 5.03. The van der Waals surface area contributed by atoms with Crippen molar-refractivity contribution < 1.29 is 4.79 Å². The lowest BCUT2D eigenvalue weighted by Gasteiger charge is -2.28. The van der Waals surface area contributed by atoms with Gasteiger partial charge in [0.15, 0.2) is 0 Å². The Hall–Kier alpha value is -2.21. The van der Waals surface area contributed by atoms with Crippen LogP contribution in [0, 0.1) is 0 Å². The molecule has 6 nitrogen and oxygen atoms in total. The Bertz CT molecular complexity index is 595. The predicted octanol–water partition coefficient (Wildman–Crippen LogP) is 0.478. The van der Waals surface area contributed by atoms with Crippen LogP contribution in [0.2, 0.25) is 0 Å². The maximum atomic E-state index is 12.4. The fraction of sp³-hybridized carbons (Fsp3) is 0.357. The van der Waals surface area contributed by atoms with E-state index in [1.807, 2.05) is 12.1 Å². The zero-order valence-corrected chi connectivity index (χ0v) is 11.3. The van der Waals surface area contributed by atoms with Crippen LogP contribution in [-0.2, 0) is 24.3 Å². The second-order valence-corrected chi connectivity index (χ2v) is 5.03. The molecule has 1 aromatic carbocycles. The molecule has 0 saturated carbocycles. The number of nitrogens with one attached hydrogen (secondary N) is 2. The van der Waals surface area contributed by atoms with Gasteiger partial charge in [0.25, 0.3) is 0 Å². The average molecular weight is 271 g/mol. The molecule has 6 heteroatoms.